The quantitative estimate of drug-likeness (QED) is 0.594. The number of rotatable bonds is 3. The van der Waals surface area contributed by atoms with Crippen LogP contribution in [-0.4, -0.2) is 29.5 Å². The number of hydrogen-bond donors (Lipinski definition) is 0. The lowest BCUT2D eigenvalue weighted by molar-refractivity contribution is -0.384. The van der Waals surface area contributed by atoms with Crippen LogP contribution in [0.5, 0.6) is 0 Å². The van der Waals surface area contributed by atoms with Crippen LogP contribution in [0, 0.1) is 10.1 Å². The molecule has 1 aliphatic rings. The van der Waals surface area contributed by atoms with Gasteiger partial charge in [0.15, 0.2) is 0 Å². The van der Waals surface area contributed by atoms with E-state index in [2.05, 4.69) is 17.9 Å². The standard InChI is InChI=1S/C13H16N2O2/c1-2-14-8-6-11(7-9-14)12-4-3-5-13(10-12)15(16)17/h3-6,10H,2,7-9H2,1H3. The van der Waals surface area contributed by atoms with E-state index in [1.807, 2.05) is 6.07 Å². The number of likely N-dealkylation sites (N-methyl/N-ethyl adjacent to an activating group) is 1. The lowest BCUT2D eigenvalue weighted by atomic mass is 9.99. The third-order valence-electron chi connectivity index (χ3n) is 3.17. The average molecular weight is 232 g/mol. The fourth-order valence-corrected chi connectivity index (χ4v) is 2.08. The smallest absolute Gasteiger partial charge is 0.270 e. The van der Waals surface area contributed by atoms with Crippen molar-refractivity contribution < 1.29 is 4.92 Å². The monoisotopic (exact) mass is 232 g/mol. The Bertz CT molecular complexity index is 454. The molecule has 0 atom stereocenters. The van der Waals surface area contributed by atoms with E-state index in [1.165, 1.54) is 11.6 Å². The van der Waals surface area contributed by atoms with Crippen LogP contribution in [0.25, 0.3) is 5.57 Å². The van der Waals surface area contributed by atoms with Gasteiger partial charge in [-0.3, -0.25) is 15.0 Å². The number of non-ortho nitro benzene ring substituents is 1. The van der Waals surface area contributed by atoms with Crippen molar-refractivity contribution >= 4 is 11.3 Å². The zero-order valence-electron chi connectivity index (χ0n) is 9.93. The maximum atomic E-state index is 10.7. The van der Waals surface area contributed by atoms with Gasteiger partial charge in [0, 0.05) is 25.2 Å². The van der Waals surface area contributed by atoms with Gasteiger partial charge in [-0.25, -0.2) is 0 Å². The lowest BCUT2D eigenvalue weighted by Gasteiger charge is -2.24. The van der Waals surface area contributed by atoms with Crippen molar-refractivity contribution in [3.05, 3.63) is 46.0 Å². The molecule has 0 saturated carbocycles. The van der Waals surface area contributed by atoms with Crippen molar-refractivity contribution in [2.45, 2.75) is 13.3 Å². The molecular weight excluding hydrogens is 216 g/mol. The maximum absolute atomic E-state index is 10.7. The summed E-state index contributed by atoms with van der Waals surface area (Å²) in [6.45, 7) is 5.17. The van der Waals surface area contributed by atoms with Crippen LogP contribution in [-0.2, 0) is 0 Å². The minimum absolute atomic E-state index is 0.168. The summed E-state index contributed by atoms with van der Waals surface area (Å²) in [5, 5.41) is 10.7. The highest BCUT2D eigenvalue weighted by atomic mass is 16.6. The molecule has 0 saturated heterocycles. The Morgan fingerprint density at radius 2 is 2.29 bits per heavy atom. The fourth-order valence-electron chi connectivity index (χ4n) is 2.08. The van der Waals surface area contributed by atoms with Gasteiger partial charge in [0.2, 0.25) is 0 Å². The van der Waals surface area contributed by atoms with Gasteiger partial charge < -0.3 is 0 Å². The summed E-state index contributed by atoms with van der Waals surface area (Å²) in [5.41, 5.74) is 2.37. The topological polar surface area (TPSA) is 46.4 Å². The molecule has 0 fully saturated rings. The summed E-state index contributed by atoms with van der Waals surface area (Å²) in [6, 6.07) is 6.89. The molecule has 0 N–H and O–H groups in total. The molecule has 2 rings (SSSR count). The molecule has 1 heterocycles. The Balaban J connectivity index is 2.20. The van der Waals surface area contributed by atoms with Crippen LogP contribution in [0.4, 0.5) is 5.69 Å². The van der Waals surface area contributed by atoms with E-state index < -0.39 is 0 Å². The molecule has 4 nitrogen and oxygen atoms in total. The molecule has 1 aromatic rings. The molecule has 0 spiro atoms. The van der Waals surface area contributed by atoms with Crippen molar-refractivity contribution in [3.8, 4) is 0 Å². The van der Waals surface area contributed by atoms with E-state index in [0.717, 1.165) is 31.6 Å². The van der Waals surface area contributed by atoms with Crippen LogP contribution in [0.2, 0.25) is 0 Å². The molecule has 0 bridgehead atoms. The molecule has 1 aliphatic heterocycles. The van der Waals surface area contributed by atoms with Crippen molar-refractivity contribution in [2.24, 2.45) is 0 Å². The largest absolute Gasteiger partial charge is 0.300 e. The van der Waals surface area contributed by atoms with Crippen molar-refractivity contribution in [1.29, 1.82) is 0 Å². The Kier molecular flexibility index (Phi) is 3.54. The Morgan fingerprint density at radius 1 is 1.47 bits per heavy atom. The van der Waals surface area contributed by atoms with Crippen molar-refractivity contribution in [1.82, 2.24) is 4.90 Å². The van der Waals surface area contributed by atoms with Crippen LogP contribution in [0.3, 0.4) is 0 Å². The second kappa shape index (κ2) is 5.10. The van der Waals surface area contributed by atoms with Crippen molar-refractivity contribution in [3.63, 3.8) is 0 Å². The lowest BCUT2D eigenvalue weighted by Crippen LogP contribution is -2.27. The van der Waals surface area contributed by atoms with Crippen LogP contribution in [0.1, 0.15) is 18.9 Å². The number of nitro benzene ring substituents is 1. The van der Waals surface area contributed by atoms with E-state index in [-0.39, 0.29) is 10.6 Å². The highest BCUT2D eigenvalue weighted by Crippen LogP contribution is 2.25. The van der Waals surface area contributed by atoms with Crippen LogP contribution < -0.4 is 0 Å². The molecule has 1 aromatic carbocycles. The van der Waals surface area contributed by atoms with Gasteiger partial charge >= 0.3 is 0 Å². The van der Waals surface area contributed by atoms with E-state index in [9.17, 15) is 10.1 Å². The predicted octanol–water partition coefficient (Wildman–Crippen LogP) is 2.70. The van der Waals surface area contributed by atoms with Crippen LogP contribution in [0.15, 0.2) is 30.3 Å². The predicted molar refractivity (Wildman–Crippen MR) is 67.8 cm³/mol. The highest BCUT2D eigenvalue weighted by molar-refractivity contribution is 5.68. The summed E-state index contributed by atoms with van der Waals surface area (Å²) >= 11 is 0. The fraction of sp³-hybridized carbons (Fsp3) is 0.385. The first kappa shape index (κ1) is 11.8. The summed E-state index contributed by atoms with van der Waals surface area (Å²) in [5.74, 6) is 0. The SMILES string of the molecule is CCN1CC=C(c2cccc([N+](=O)[O-])c2)CC1. The number of nitrogens with zero attached hydrogens (tertiary/aromatic N) is 2. The van der Waals surface area contributed by atoms with Crippen molar-refractivity contribution in [2.75, 3.05) is 19.6 Å². The Hall–Kier alpha value is -1.68. The second-order valence-corrected chi connectivity index (χ2v) is 4.18. The molecule has 90 valence electrons. The first-order valence-corrected chi connectivity index (χ1v) is 5.87. The van der Waals surface area contributed by atoms with Gasteiger partial charge in [-0.1, -0.05) is 25.1 Å². The minimum atomic E-state index is -0.342. The van der Waals surface area contributed by atoms with Gasteiger partial charge in [-0.05, 0) is 24.1 Å². The summed E-state index contributed by atoms with van der Waals surface area (Å²) in [4.78, 5) is 12.7. The summed E-state index contributed by atoms with van der Waals surface area (Å²) < 4.78 is 0. The molecule has 0 amide bonds. The normalized spacial score (nSPS) is 16.6. The molecular formula is C13H16N2O2. The molecule has 0 unspecified atom stereocenters. The Morgan fingerprint density at radius 3 is 2.88 bits per heavy atom. The average Bonchev–Trinajstić information content (AvgIpc) is 2.39. The molecule has 0 radical (unpaired) electrons. The number of nitro groups is 1. The van der Waals surface area contributed by atoms with E-state index >= 15 is 0 Å². The molecule has 0 aromatic heterocycles. The van der Waals surface area contributed by atoms with E-state index in [1.54, 1.807) is 12.1 Å². The van der Waals surface area contributed by atoms with Gasteiger partial charge in [0.25, 0.3) is 5.69 Å². The van der Waals surface area contributed by atoms with Crippen LogP contribution >= 0.6 is 0 Å². The second-order valence-electron chi connectivity index (χ2n) is 4.18. The number of benzene rings is 1. The van der Waals surface area contributed by atoms with Gasteiger partial charge in [0.1, 0.15) is 0 Å². The minimum Gasteiger partial charge on any atom is -0.300 e. The first-order valence-electron chi connectivity index (χ1n) is 5.87. The van der Waals surface area contributed by atoms with Gasteiger partial charge in [-0.15, -0.1) is 0 Å². The van der Waals surface area contributed by atoms with Gasteiger partial charge in [-0.2, -0.15) is 0 Å². The number of hydrogen-bond acceptors (Lipinski definition) is 3. The zero-order valence-corrected chi connectivity index (χ0v) is 9.93. The summed E-state index contributed by atoms with van der Waals surface area (Å²) in [7, 11) is 0. The van der Waals surface area contributed by atoms with E-state index in [4.69, 9.17) is 0 Å². The van der Waals surface area contributed by atoms with E-state index in [0.29, 0.717) is 0 Å². The Labute approximate surface area is 101 Å². The molecule has 17 heavy (non-hydrogen) atoms. The molecule has 4 heteroatoms. The summed E-state index contributed by atoms with van der Waals surface area (Å²) in [6.07, 6.45) is 3.14. The highest BCUT2D eigenvalue weighted by Gasteiger charge is 2.13. The maximum Gasteiger partial charge on any atom is 0.270 e. The third kappa shape index (κ3) is 2.71. The zero-order chi connectivity index (χ0) is 12.3. The van der Waals surface area contributed by atoms with Gasteiger partial charge in [0.05, 0.1) is 4.92 Å². The third-order valence-corrected chi connectivity index (χ3v) is 3.17. The first-order chi connectivity index (χ1) is 8.20. The molecule has 0 aliphatic carbocycles.